The second kappa shape index (κ2) is 4.77. The molecule has 0 rings (SSSR count). The first-order valence-corrected chi connectivity index (χ1v) is 6.70. The van der Waals surface area contributed by atoms with E-state index in [4.69, 9.17) is 11.5 Å². The Hall–Kier alpha value is 0.720. The van der Waals surface area contributed by atoms with Gasteiger partial charge in [0.15, 0.2) is 31.4 Å². The van der Waals surface area contributed by atoms with Crippen LogP contribution in [0.1, 0.15) is 0 Å². The van der Waals surface area contributed by atoms with Gasteiger partial charge in [0.25, 0.3) is 0 Å². The van der Waals surface area contributed by atoms with Crippen LogP contribution in [0.3, 0.4) is 0 Å². The largest absolute Gasteiger partial charge is 0.384 e. The molecule has 0 aromatic carbocycles. The lowest BCUT2D eigenvalue weighted by Gasteiger charge is -2.40. The molecule has 6 nitrogen and oxygen atoms in total. The fraction of sp³-hybridized carbons (Fsp3) is 1.00. The van der Waals surface area contributed by atoms with Crippen molar-refractivity contribution in [2.75, 3.05) is 0 Å². The van der Waals surface area contributed by atoms with E-state index in [0.717, 1.165) is 21.6 Å². The van der Waals surface area contributed by atoms with Gasteiger partial charge >= 0.3 is 0 Å². The molecule has 8 N–H and O–H groups in total. The molecule has 4 atom stereocenters. The van der Waals surface area contributed by atoms with Crippen LogP contribution in [0, 0.1) is 0 Å². The van der Waals surface area contributed by atoms with E-state index in [1.165, 1.54) is 31.4 Å². The van der Waals surface area contributed by atoms with Crippen LogP contribution < -0.4 is 11.5 Å². The summed E-state index contributed by atoms with van der Waals surface area (Å²) in [4.78, 5) is -3.40. The monoisotopic (exact) mass is 264 g/mol. The van der Waals surface area contributed by atoms with E-state index in [-0.39, 0.29) is 0 Å². The fourth-order valence-corrected chi connectivity index (χ4v) is 2.98. The van der Waals surface area contributed by atoms with E-state index in [1.54, 1.807) is 0 Å². The summed E-state index contributed by atoms with van der Waals surface area (Å²) in [6.07, 6.45) is 0. The molecule has 16 heavy (non-hydrogen) atoms. The highest BCUT2D eigenvalue weighted by Crippen LogP contribution is 2.43. The van der Waals surface area contributed by atoms with Crippen molar-refractivity contribution in [1.29, 1.82) is 0 Å². The van der Waals surface area contributed by atoms with Crippen molar-refractivity contribution in [3.63, 3.8) is 0 Å². The molecule has 0 saturated heterocycles. The molecular formula is C4H16B4N2O4S2. The lowest BCUT2D eigenvalue weighted by atomic mass is 9.76. The van der Waals surface area contributed by atoms with Crippen molar-refractivity contribution in [3.05, 3.63) is 0 Å². The predicted octanol–water partition coefficient (Wildman–Crippen LogP) is -6.60. The molecule has 0 aliphatic rings. The van der Waals surface area contributed by atoms with Crippen LogP contribution in [0.2, 0.25) is 0 Å². The van der Waals surface area contributed by atoms with Crippen molar-refractivity contribution in [2.45, 2.75) is 20.9 Å². The Morgan fingerprint density at radius 2 is 0.875 bits per heavy atom. The molecule has 12 heteroatoms. The summed E-state index contributed by atoms with van der Waals surface area (Å²) >= 11 is 0. The summed E-state index contributed by atoms with van der Waals surface area (Å²) in [6, 6.07) is 0. The molecular weight excluding hydrogens is 247 g/mol. The number of nitrogens with two attached hydrogens (primary N) is 2. The molecule has 0 aliphatic carbocycles. The molecule has 0 heterocycles. The van der Waals surface area contributed by atoms with Crippen molar-refractivity contribution in [2.24, 2.45) is 11.5 Å². The molecule has 0 aliphatic heterocycles. The van der Waals surface area contributed by atoms with Gasteiger partial charge in [-0.1, -0.05) is 21.6 Å². The van der Waals surface area contributed by atoms with Gasteiger partial charge in [0, 0.05) is 0 Å². The Kier molecular flexibility index (Phi) is 4.99. The zero-order valence-corrected chi connectivity index (χ0v) is 11.4. The molecule has 90 valence electrons. The third kappa shape index (κ3) is 4.19. The van der Waals surface area contributed by atoms with Gasteiger partial charge in [-0.05, 0) is 0 Å². The minimum atomic E-state index is -1.85. The zero-order chi connectivity index (χ0) is 13.4. The fourth-order valence-electron chi connectivity index (χ4n) is 0.331. The van der Waals surface area contributed by atoms with Crippen LogP contribution >= 0.6 is 21.6 Å². The second-order valence-corrected chi connectivity index (χ2v) is 7.35. The first-order valence-electron chi connectivity index (χ1n) is 4.55. The SMILES string of the molecule is BC(N)(O)C(B)(O)SSC(B)(O)C(B)(N)O. The normalized spacial score (nSPS) is 27.1. The summed E-state index contributed by atoms with van der Waals surface area (Å²) in [5, 5.41) is 38.6. The smallest absolute Gasteiger partial charge is 0.165 e. The molecule has 0 fully saturated rings. The lowest BCUT2D eigenvalue weighted by molar-refractivity contribution is 0.0142. The first-order chi connectivity index (χ1) is 6.71. The van der Waals surface area contributed by atoms with Crippen molar-refractivity contribution in [1.82, 2.24) is 0 Å². The Labute approximate surface area is 106 Å². The van der Waals surface area contributed by atoms with Gasteiger partial charge in [-0.15, -0.1) is 0 Å². The summed E-state index contributed by atoms with van der Waals surface area (Å²) < 4.78 is 0. The van der Waals surface area contributed by atoms with E-state index in [2.05, 4.69) is 0 Å². The highest BCUT2D eigenvalue weighted by Gasteiger charge is 2.44. The second-order valence-electron chi connectivity index (χ2n) is 4.43. The highest BCUT2D eigenvalue weighted by molar-refractivity contribution is 8.78. The Balaban J connectivity index is 4.59. The van der Waals surface area contributed by atoms with Gasteiger partial charge in [0.1, 0.15) is 20.9 Å². The van der Waals surface area contributed by atoms with Crippen LogP contribution in [0.25, 0.3) is 0 Å². The van der Waals surface area contributed by atoms with Gasteiger partial charge < -0.3 is 31.9 Å². The van der Waals surface area contributed by atoms with Crippen LogP contribution in [0.5, 0.6) is 0 Å². The molecule has 0 amide bonds. The zero-order valence-electron chi connectivity index (χ0n) is 9.76. The molecule has 0 saturated carbocycles. The number of hydrogen-bond donors (Lipinski definition) is 6. The average Bonchev–Trinajstić information content (AvgIpc) is 1.97. The first kappa shape index (κ1) is 16.7. The quantitative estimate of drug-likeness (QED) is 0.164. The number of aliphatic hydroxyl groups is 4. The van der Waals surface area contributed by atoms with E-state index in [9.17, 15) is 20.4 Å². The Morgan fingerprint density at radius 1 is 0.688 bits per heavy atom. The molecule has 4 unspecified atom stereocenters. The van der Waals surface area contributed by atoms with Gasteiger partial charge in [-0.3, -0.25) is 0 Å². The number of rotatable bonds is 5. The molecule has 0 radical (unpaired) electrons. The maximum atomic E-state index is 9.81. The highest BCUT2D eigenvalue weighted by atomic mass is 33.1. The van der Waals surface area contributed by atoms with Gasteiger partial charge in [-0.25, -0.2) is 0 Å². The molecule has 0 bridgehead atoms. The lowest BCUT2D eigenvalue weighted by Crippen LogP contribution is -2.62. The Bertz CT molecular complexity index is 227. The number of hydrogen-bond acceptors (Lipinski definition) is 8. The summed E-state index contributed by atoms with van der Waals surface area (Å²) in [6.45, 7) is 0. The van der Waals surface area contributed by atoms with E-state index < -0.39 is 20.9 Å². The molecule has 0 aromatic heterocycles. The topological polar surface area (TPSA) is 133 Å². The van der Waals surface area contributed by atoms with E-state index >= 15 is 0 Å². The third-order valence-electron chi connectivity index (χ3n) is 2.24. The Morgan fingerprint density at radius 3 is 1.00 bits per heavy atom. The molecule has 0 aromatic rings. The maximum Gasteiger partial charge on any atom is 0.165 e. The van der Waals surface area contributed by atoms with E-state index in [1.807, 2.05) is 0 Å². The van der Waals surface area contributed by atoms with Gasteiger partial charge in [-0.2, -0.15) is 0 Å². The van der Waals surface area contributed by atoms with Crippen molar-refractivity contribution in [3.8, 4) is 0 Å². The predicted molar refractivity (Wildman–Crippen MR) is 77.5 cm³/mol. The summed E-state index contributed by atoms with van der Waals surface area (Å²) in [5.74, 6) is 0. The van der Waals surface area contributed by atoms with Crippen LogP contribution in [0.15, 0.2) is 0 Å². The van der Waals surface area contributed by atoms with Crippen molar-refractivity contribution >= 4 is 53.0 Å². The maximum absolute atomic E-state index is 9.81. The standard InChI is InChI=1S/C4H16B4N2O4S2/c5-1(9,11)3(7,13)15-16-4(8,14)2(6,10)12/h11-14H,5-10H2. The van der Waals surface area contributed by atoms with Gasteiger partial charge in [0.05, 0.1) is 0 Å². The molecule has 0 spiro atoms. The van der Waals surface area contributed by atoms with Crippen LogP contribution in [-0.2, 0) is 0 Å². The minimum absolute atomic E-state index is 0.727. The van der Waals surface area contributed by atoms with Gasteiger partial charge in [0.2, 0.25) is 0 Å². The van der Waals surface area contributed by atoms with Crippen molar-refractivity contribution < 1.29 is 20.4 Å². The third-order valence-corrected chi connectivity index (χ3v) is 6.00. The minimum Gasteiger partial charge on any atom is -0.384 e. The van der Waals surface area contributed by atoms with Crippen LogP contribution in [-0.4, -0.2) is 72.7 Å². The average molecular weight is 264 g/mol. The summed E-state index contributed by atoms with van der Waals surface area (Å²) in [7, 11) is 6.51. The van der Waals surface area contributed by atoms with E-state index in [0.29, 0.717) is 0 Å². The summed E-state index contributed by atoms with van der Waals surface area (Å²) in [5.41, 5.74) is 7.00. The van der Waals surface area contributed by atoms with Crippen LogP contribution in [0.4, 0.5) is 0 Å².